The second-order valence-corrected chi connectivity index (χ2v) is 4.88. The van der Waals surface area contributed by atoms with Gasteiger partial charge in [-0.1, -0.05) is 31.5 Å². The molecule has 110 valence electrons. The highest BCUT2D eigenvalue weighted by atomic mass is 16.5. The molecule has 5 heteroatoms. The van der Waals surface area contributed by atoms with Crippen LogP contribution in [0.25, 0.3) is 0 Å². The zero-order valence-corrected chi connectivity index (χ0v) is 11.9. The maximum Gasteiger partial charge on any atom is 0.314 e. The van der Waals surface area contributed by atoms with E-state index in [-0.39, 0.29) is 12.1 Å². The van der Waals surface area contributed by atoms with Crippen LogP contribution in [0.2, 0.25) is 0 Å². The normalized spacial score (nSPS) is 17.6. The van der Waals surface area contributed by atoms with Crippen molar-refractivity contribution < 1.29 is 9.53 Å². The molecule has 1 aliphatic rings. The van der Waals surface area contributed by atoms with Crippen LogP contribution in [0.1, 0.15) is 31.4 Å². The summed E-state index contributed by atoms with van der Waals surface area (Å²) in [5, 5.41) is 9.16. The van der Waals surface area contributed by atoms with E-state index >= 15 is 0 Å². The molecule has 5 nitrogen and oxygen atoms in total. The number of amides is 2. The van der Waals surface area contributed by atoms with E-state index in [2.05, 4.69) is 22.9 Å². The Morgan fingerprint density at radius 3 is 3.10 bits per heavy atom. The summed E-state index contributed by atoms with van der Waals surface area (Å²) < 4.78 is 5.67. The first-order chi connectivity index (χ1) is 9.81. The molecular weight excluding hydrogens is 254 g/mol. The fourth-order valence-electron chi connectivity index (χ4n) is 2.22. The fraction of sp³-hybridized carbons (Fsp3) is 0.533. The quantitative estimate of drug-likeness (QED) is 0.719. The molecule has 20 heavy (non-hydrogen) atoms. The number of carbonyl (C=O) groups is 1. The van der Waals surface area contributed by atoms with Crippen LogP contribution in [0.15, 0.2) is 24.3 Å². The lowest BCUT2D eigenvalue weighted by molar-refractivity contribution is 0.239. The maximum absolute atomic E-state index is 11.7. The predicted octanol–water partition coefficient (Wildman–Crippen LogP) is 1.81. The van der Waals surface area contributed by atoms with Crippen molar-refractivity contribution in [3.05, 3.63) is 29.8 Å². The van der Waals surface area contributed by atoms with Crippen LogP contribution in [0.5, 0.6) is 5.75 Å². The van der Waals surface area contributed by atoms with E-state index in [1.165, 1.54) is 0 Å². The number of ether oxygens (including phenoxy) is 1. The average molecular weight is 277 g/mol. The Morgan fingerprint density at radius 2 is 2.25 bits per heavy atom. The molecule has 2 rings (SSSR count). The molecule has 1 aliphatic heterocycles. The Balaban J connectivity index is 1.87. The number of fused-ring (bicyclic) bond motifs is 1. The molecule has 0 aromatic heterocycles. The van der Waals surface area contributed by atoms with Gasteiger partial charge in [0.25, 0.3) is 0 Å². The summed E-state index contributed by atoms with van der Waals surface area (Å²) in [6, 6.07) is 7.94. The number of para-hydroxylation sites is 1. The van der Waals surface area contributed by atoms with E-state index < -0.39 is 0 Å². The summed E-state index contributed by atoms with van der Waals surface area (Å²) in [6.07, 6.45) is 2.08. The Kier molecular flexibility index (Phi) is 5.68. The van der Waals surface area contributed by atoms with Crippen molar-refractivity contribution in [3.63, 3.8) is 0 Å². The lowest BCUT2D eigenvalue weighted by Crippen LogP contribution is -2.41. The molecule has 0 saturated carbocycles. The number of hydrogen-bond acceptors (Lipinski definition) is 3. The molecule has 1 unspecified atom stereocenters. The number of hydrogen-bond donors (Lipinski definition) is 3. The highest BCUT2D eigenvalue weighted by Crippen LogP contribution is 2.26. The molecular formula is C15H23N3O2. The molecule has 1 aromatic carbocycles. The van der Waals surface area contributed by atoms with Gasteiger partial charge in [0.05, 0.1) is 6.04 Å². The highest BCUT2D eigenvalue weighted by Gasteiger charge is 2.19. The molecule has 1 heterocycles. The van der Waals surface area contributed by atoms with Crippen LogP contribution in [0.4, 0.5) is 4.79 Å². The zero-order chi connectivity index (χ0) is 14.2. The monoisotopic (exact) mass is 277 g/mol. The number of benzene rings is 1. The van der Waals surface area contributed by atoms with Gasteiger partial charge in [0.1, 0.15) is 12.4 Å². The molecule has 1 aromatic rings. The smallest absolute Gasteiger partial charge is 0.314 e. The first-order valence-electron chi connectivity index (χ1n) is 7.28. The summed E-state index contributed by atoms with van der Waals surface area (Å²) in [6.45, 7) is 4.80. The van der Waals surface area contributed by atoms with Gasteiger partial charge in [-0.2, -0.15) is 0 Å². The first-order valence-corrected chi connectivity index (χ1v) is 7.28. The molecule has 0 saturated heterocycles. The number of rotatable bonds is 5. The van der Waals surface area contributed by atoms with Gasteiger partial charge in [-0.3, -0.25) is 0 Å². The Labute approximate surface area is 120 Å². The van der Waals surface area contributed by atoms with Gasteiger partial charge in [0.15, 0.2) is 0 Å². The Bertz CT molecular complexity index is 437. The molecule has 0 radical (unpaired) electrons. The summed E-state index contributed by atoms with van der Waals surface area (Å²) in [5.41, 5.74) is 1.10. The van der Waals surface area contributed by atoms with E-state index in [0.717, 1.165) is 37.2 Å². The number of nitrogens with one attached hydrogen (secondary N) is 3. The van der Waals surface area contributed by atoms with Crippen LogP contribution in [0, 0.1) is 0 Å². The van der Waals surface area contributed by atoms with Gasteiger partial charge in [0, 0.05) is 25.2 Å². The van der Waals surface area contributed by atoms with E-state index in [0.29, 0.717) is 13.2 Å². The third kappa shape index (κ3) is 4.13. The van der Waals surface area contributed by atoms with E-state index in [1.54, 1.807) is 0 Å². The van der Waals surface area contributed by atoms with Crippen LogP contribution < -0.4 is 20.7 Å². The SMILES string of the molecule is CCCCNC(=O)NCC1NCCOc2ccccc21. The summed E-state index contributed by atoms with van der Waals surface area (Å²) >= 11 is 0. The fourth-order valence-corrected chi connectivity index (χ4v) is 2.22. The van der Waals surface area contributed by atoms with Crippen molar-refractivity contribution in [1.29, 1.82) is 0 Å². The minimum atomic E-state index is -0.108. The van der Waals surface area contributed by atoms with E-state index in [1.807, 2.05) is 24.3 Å². The lowest BCUT2D eigenvalue weighted by Gasteiger charge is -2.18. The molecule has 2 amide bonds. The highest BCUT2D eigenvalue weighted by molar-refractivity contribution is 5.73. The second-order valence-electron chi connectivity index (χ2n) is 4.88. The number of carbonyl (C=O) groups excluding carboxylic acids is 1. The number of urea groups is 1. The summed E-state index contributed by atoms with van der Waals surface area (Å²) in [4.78, 5) is 11.7. The van der Waals surface area contributed by atoms with Crippen molar-refractivity contribution in [3.8, 4) is 5.75 Å². The lowest BCUT2D eigenvalue weighted by atomic mass is 10.1. The maximum atomic E-state index is 11.7. The first kappa shape index (κ1) is 14.7. The predicted molar refractivity (Wildman–Crippen MR) is 79.0 cm³/mol. The van der Waals surface area contributed by atoms with Gasteiger partial charge in [0.2, 0.25) is 0 Å². The van der Waals surface area contributed by atoms with Gasteiger partial charge < -0.3 is 20.7 Å². The zero-order valence-electron chi connectivity index (χ0n) is 11.9. The van der Waals surface area contributed by atoms with Gasteiger partial charge >= 0.3 is 6.03 Å². The van der Waals surface area contributed by atoms with Crippen LogP contribution >= 0.6 is 0 Å². The Hall–Kier alpha value is -1.75. The van der Waals surface area contributed by atoms with Crippen molar-refractivity contribution in [2.45, 2.75) is 25.8 Å². The third-order valence-electron chi connectivity index (χ3n) is 3.33. The van der Waals surface area contributed by atoms with Crippen molar-refractivity contribution in [2.75, 3.05) is 26.2 Å². The van der Waals surface area contributed by atoms with Gasteiger partial charge in [-0.05, 0) is 12.5 Å². The molecule has 0 aliphatic carbocycles. The van der Waals surface area contributed by atoms with Crippen LogP contribution in [0.3, 0.4) is 0 Å². The third-order valence-corrected chi connectivity index (χ3v) is 3.33. The van der Waals surface area contributed by atoms with Crippen LogP contribution in [-0.4, -0.2) is 32.3 Å². The van der Waals surface area contributed by atoms with Gasteiger partial charge in [-0.25, -0.2) is 4.79 Å². The Morgan fingerprint density at radius 1 is 1.40 bits per heavy atom. The number of unbranched alkanes of at least 4 members (excludes halogenated alkanes) is 1. The van der Waals surface area contributed by atoms with E-state index in [4.69, 9.17) is 4.74 Å². The largest absolute Gasteiger partial charge is 0.492 e. The summed E-state index contributed by atoms with van der Waals surface area (Å²) in [7, 11) is 0. The van der Waals surface area contributed by atoms with E-state index in [9.17, 15) is 4.79 Å². The topological polar surface area (TPSA) is 62.4 Å². The van der Waals surface area contributed by atoms with Crippen molar-refractivity contribution in [2.24, 2.45) is 0 Å². The average Bonchev–Trinajstić information content (AvgIpc) is 2.68. The molecule has 0 fully saturated rings. The van der Waals surface area contributed by atoms with Crippen molar-refractivity contribution >= 4 is 6.03 Å². The summed E-state index contributed by atoms with van der Waals surface area (Å²) in [5.74, 6) is 0.899. The minimum absolute atomic E-state index is 0.0885. The molecule has 0 bridgehead atoms. The van der Waals surface area contributed by atoms with Gasteiger partial charge in [-0.15, -0.1) is 0 Å². The molecule has 3 N–H and O–H groups in total. The second kappa shape index (κ2) is 7.75. The molecule has 1 atom stereocenters. The van der Waals surface area contributed by atoms with Crippen LogP contribution in [-0.2, 0) is 0 Å². The molecule has 0 spiro atoms. The minimum Gasteiger partial charge on any atom is -0.492 e. The van der Waals surface area contributed by atoms with Crippen molar-refractivity contribution in [1.82, 2.24) is 16.0 Å². The standard InChI is InChI=1S/C15H23N3O2/c1-2-3-8-17-15(19)18-11-13-12-6-4-5-7-14(12)20-10-9-16-13/h4-7,13,16H,2-3,8-11H2,1H3,(H2,17,18,19).